The third-order valence-corrected chi connectivity index (χ3v) is 6.95. The van der Waals surface area contributed by atoms with Crippen LogP contribution in [0, 0.1) is 17.1 Å². The highest BCUT2D eigenvalue weighted by atomic mass is 19.1. The fraction of sp³-hybridized carbons (Fsp3) is 0.200. The van der Waals surface area contributed by atoms with Gasteiger partial charge in [0.05, 0.1) is 36.5 Å². The normalized spacial score (nSPS) is 14.3. The topological polar surface area (TPSA) is 145 Å². The number of aromatic nitrogens is 5. The highest BCUT2D eigenvalue weighted by molar-refractivity contribution is 5.88. The zero-order valence-corrected chi connectivity index (χ0v) is 22.1. The Bertz CT molecular complexity index is 1920. The van der Waals surface area contributed by atoms with E-state index in [4.69, 9.17) is 14.7 Å². The Balaban J connectivity index is 1.23. The van der Waals surface area contributed by atoms with Crippen molar-refractivity contribution in [3.63, 3.8) is 0 Å². The van der Waals surface area contributed by atoms with E-state index in [9.17, 15) is 19.1 Å². The molecule has 1 atom stereocenters. The lowest BCUT2D eigenvalue weighted by Gasteiger charge is -2.27. The van der Waals surface area contributed by atoms with Crippen LogP contribution in [0.5, 0.6) is 5.88 Å². The van der Waals surface area contributed by atoms with E-state index in [2.05, 4.69) is 15.0 Å². The number of hydrogen-bond donors (Lipinski definition) is 1. The lowest BCUT2D eigenvalue weighted by molar-refractivity contribution is -0.0591. The zero-order chi connectivity index (χ0) is 29.2. The predicted octanol–water partition coefficient (Wildman–Crippen LogP) is 3.78. The van der Waals surface area contributed by atoms with Crippen molar-refractivity contribution >= 4 is 17.1 Å². The number of imidazole rings is 1. The minimum Gasteiger partial charge on any atom is -0.477 e. The first-order valence-corrected chi connectivity index (χ1v) is 13.1. The van der Waals surface area contributed by atoms with Crippen LogP contribution in [0.15, 0.2) is 71.7 Å². The first-order chi connectivity index (χ1) is 20.4. The summed E-state index contributed by atoms with van der Waals surface area (Å²) in [5.74, 6) is -0.877. The van der Waals surface area contributed by atoms with Crippen molar-refractivity contribution in [1.29, 1.82) is 5.26 Å². The molecule has 0 unspecified atom stereocenters. The number of fused-ring (bicyclic) bond motifs is 1. The lowest BCUT2D eigenvalue weighted by Crippen LogP contribution is -2.32. The average Bonchev–Trinajstić information content (AvgIpc) is 3.31. The fourth-order valence-electron chi connectivity index (χ4n) is 4.60. The van der Waals surface area contributed by atoms with Gasteiger partial charge in [-0.05, 0) is 42.8 Å². The van der Waals surface area contributed by atoms with Gasteiger partial charge in [-0.15, -0.1) is 0 Å². The smallest absolute Gasteiger partial charge is 0.354 e. The molecule has 6 rings (SSSR count). The van der Waals surface area contributed by atoms with Crippen LogP contribution in [0.1, 0.15) is 33.9 Å². The summed E-state index contributed by atoms with van der Waals surface area (Å²) in [5, 5.41) is 18.3. The van der Waals surface area contributed by atoms with Crippen LogP contribution in [0.3, 0.4) is 0 Å². The van der Waals surface area contributed by atoms with Crippen LogP contribution in [0.4, 0.5) is 4.39 Å². The zero-order valence-electron chi connectivity index (χ0n) is 22.1. The molecule has 0 aliphatic carbocycles. The van der Waals surface area contributed by atoms with Crippen LogP contribution >= 0.6 is 0 Å². The summed E-state index contributed by atoms with van der Waals surface area (Å²) >= 11 is 0. The van der Waals surface area contributed by atoms with Crippen molar-refractivity contribution in [2.75, 3.05) is 6.61 Å². The second-order valence-corrected chi connectivity index (χ2v) is 9.71. The number of rotatable bonds is 9. The van der Waals surface area contributed by atoms with E-state index in [-0.39, 0.29) is 47.5 Å². The van der Waals surface area contributed by atoms with E-state index in [0.717, 1.165) is 12.5 Å². The molecule has 0 spiro atoms. The lowest BCUT2D eigenvalue weighted by atomic mass is 10.1. The minimum atomic E-state index is -1.14. The van der Waals surface area contributed by atoms with Crippen LogP contribution in [0.25, 0.3) is 22.4 Å². The van der Waals surface area contributed by atoms with Gasteiger partial charge in [-0.25, -0.2) is 24.1 Å². The number of halogens is 1. The Kier molecular flexibility index (Phi) is 7.16. The molecule has 5 aromatic rings. The third kappa shape index (κ3) is 5.45. The van der Waals surface area contributed by atoms with Gasteiger partial charge in [0.25, 0.3) is 5.56 Å². The molecular formula is C30H23FN6O5. The maximum atomic E-state index is 14.2. The molecule has 1 aromatic carbocycles. The van der Waals surface area contributed by atoms with Crippen molar-refractivity contribution in [1.82, 2.24) is 24.1 Å². The molecule has 5 heterocycles. The Hall–Kier alpha value is -5.41. The van der Waals surface area contributed by atoms with E-state index in [1.807, 2.05) is 10.6 Å². The number of nitrogens with zero attached hydrogens (tertiary/aromatic N) is 6. The monoisotopic (exact) mass is 566 g/mol. The van der Waals surface area contributed by atoms with E-state index >= 15 is 0 Å². The van der Waals surface area contributed by atoms with Crippen molar-refractivity contribution < 1.29 is 23.8 Å². The summed E-state index contributed by atoms with van der Waals surface area (Å²) in [6.45, 7) is 1.16. The van der Waals surface area contributed by atoms with Crippen molar-refractivity contribution in [3.05, 3.63) is 106 Å². The summed E-state index contributed by atoms with van der Waals surface area (Å²) in [5.41, 5.74) is 2.14. The van der Waals surface area contributed by atoms with Gasteiger partial charge in [-0.1, -0.05) is 12.1 Å². The fourth-order valence-corrected chi connectivity index (χ4v) is 4.60. The number of hydrogen-bond acceptors (Lipinski definition) is 8. The maximum absolute atomic E-state index is 14.2. The van der Waals surface area contributed by atoms with Crippen LogP contribution < -0.4 is 10.3 Å². The van der Waals surface area contributed by atoms with Gasteiger partial charge < -0.3 is 23.7 Å². The molecule has 1 saturated heterocycles. The minimum absolute atomic E-state index is 0.0375. The number of carbonyl (C=O) groups is 1. The van der Waals surface area contributed by atoms with Gasteiger partial charge in [0, 0.05) is 36.1 Å². The Morgan fingerprint density at radius 1 is 1.14 bits per heavy atom. The highest BCUT2D eigenvalue weighted by Gasteiger charge is 2.23. The maximum Gasteiger partial charge on any atom is 0.354 e. The first kappa shape index (κ1) is 26.8. The number of ether oxygens (including phenoxy) is 2. The van der Waals surface area contributed by atoms with Crippen LogP contribution in [0.2, 0.25) is 0 Å². The standard InChI is InChI=1S/C30H23FN6O5/c31-22-12-18(14-32)4-5-20(22)17-42-27-3-1-2-23(34-27)19-8-10-36(28(38)13-19)16-26-33-24-6-7-25(30(39)40)35-29(24)37(26)15-21-9-11-41-21/h1-8,10,12-13,21H,9,11,15-17H2,(H,39,40)/t21-/m0/s1. The molecule has 1 N–H and O–H groups in total. The summed E-state index contributed by atoms with van der Waals surface area (Å²) in [7, 11) is 0. The molecule has 210 valence electrons. The molecule has 11 nitrogen and oxygen atoms in total. The van der Waals surface area contributed by atoms with Crippen LogP contribution in [-0.4, -0.2) is 47.9 Å². The van der Waals surface area contributed by atoms with Gasteiger partial charge in [0.15, 0.2) is 11.3 Å². The first-order valence-electron chi connectivity index (χ1n) is 13.1. The molecular weight excluding hydrogens is 543 g/mol. The summed E-state index contributed by atoms with van der Waals surface area (Å²) < 4.78 is 28.8. The van der Waals surface area contributed by atoms with E-state index < -0.39 is 11.8 Å². The van der Waals surface area contributed by atoms with E-state index in [1.54, 1.807) is 36.5 Å². The molecule has 42 heavy (non-hydrogen) atoms. The highest BCUT2D eigenvalue weighted by Crippen LogP contribution is 2.22. The van der Waals surface area contributed by atoms with Gasteiger partial charge in [0.1, 0.15) is 23.8 Å². The van der Waals surface area contributed by atoms with Crippen molar-refractivity contribution in [2.45, 2.75) is 32.2 Å². The van der Waals surface area contributed by atoms with Gasteiger partial charge in [-0.2, -0.15) is 5.26 Å². The number of aromatic carboxylic acids is 1. The number of carboxylic acid groups (broad SMARTS) is 1. The van der Waals surface area contributed by atoms with Crippen LogP contribution in [-0.2, 0) is 24.4 Å². The SMILES string of the molecule is N#Cc1ccc(COc2cccc(-c3ccn(Cc4nc5ccc(C(=O)O)nc5n4C[C@@H]4CCO4)c(=O)c3)n2)c(F)c1. The largest absolute Gasteiger partial charge is 0.477 e. The predicted molar refractivity (Wildman–Crippen MR) is 147 cm³/mol. The second kappa shape index (κ2) is 11.2. The molecule has 1 aliphatic rings. The number of benzene rings is 1. The average molecular weight is 567 g/mol. The van der Waals surface area contributed by atoms with E-state index in [0.29, 0.717) is 41.4 Å². The number of nitriles is 1. The quantitative estimate of drug-likeness (QED) is 0.282. The Labute approximate surface area is 238 Å². The Morgan fingerprint density at radius 3 is 2.71 bits per heavy atom. The molecule has 12 heteroatoms. The molecule has 4 aromatic heterocycles. The van der Waals surface area contributed by atoms with Crippen molar-refractivity contribution in [2.24, 2.45) is 0 Å². The van der Waals surface area contributed by atoms with Gasteiger partial charge in [0.2, 0.25) is 5.88 Å². The summed E-state index contributed by atoms with van der Waals surface area (Å²) in [4.78, 5) is 38.0. The number of carboxylic acids is 1. The van der Waals surface area contributed by atoms with Gasteiger partial charge >= 0.3 is 5.97 Å². The number of pyridine rings is 3. The molecule has 0 radical (unpaired) electrons. The summed E-state index contributed by atoms with van der Waals surface area (Å²) in [6, 6.07) is 17.3. The molecule has 0 amide bonds. The molecule has 0 bridgehead atoms. The summed E-state index contributed by atoms with van der Waals surface area (Å²) in [6.07, 6.45) is 2.47. The molecule has 0 saturated carbocycles. The molecule has 1 fully saturated rings. The second-order valence-electron chi connectivity index (χ2n) is 9.71. The van der Waals surface area contributed by atoms with E-state index in [1.165, 1.54) is 28.8 Å². The Morgan fingerprint density at radius 2 is 2.00 bits per heavy atom. The molecule has 1 aliphatic heterocycles. The van der Waals surface area contributed by atoms with Crippen molar-refractivity contribution in [3.8, 4) is 23.2 Å². The third-order valence-electron chi connectivity index (χ3n) is 6.95. The van der Waals surface area contributed by atoms with Gasteiger partial charge in [-0.3, -0.25) is 4.79 Å².